The van der Waals surface area contributed by atoms with Crippen LogP contribution in [0.5, 0.6) is 0 Å². The lowest BCUT2D eigenvalue weighted by atomic mass is 9.92. The zero-order chi connectivity index (χ0) is 29.3. The van der Waals surface area contributed by atoms with Crippen LogP contribution < -0.4 is 9.80 Å². The van der Waals surface area contributed by atoms with Crippen LogP contribution in [-0.2, 0) is 0 Å². The van der Waals surface area contributed by atoms with Crippen LogP contribution in [0.15, 0.2) is 176 Å². The van der Waals surface area contributed by atoms with Crippen molar-refractivity contribution in [2.45, 2.75) is 12.5 Å². The Morgan fingerprint density at radius 3 is 1.39 bits per heavy atom. The molecule has 0 saturated heterocycles. The predicted molar refractivity (Wildman–Crippen MR) is 189 cm³/mol. The Balaban J connectivity index is 1.45. The Morgan fingerprint density at radius 2 is 0.864 bits per heavy atom. The van der Waals surface area contributed by atoms with Gasteiger partial charge in [-0.05, 0) is 76.5 Å². The van der Waals surface area contributed by atoms with Crippen molar-refractivity contribution in [1.82, 2.24) is 0 Å². The normalized spacial score (nSPS) is 14.3. The van der Waals surface area contributed by atoms with Gasteiger partial charge in [0.05, 0.1) is 17.4 Å². The number of allylic oxidation sites excluding steroid dienone is 2. The summed E-state index contributed by atoms with van der Waals surface area (Å²) in [6, 6.07) is 55.0. The molecule has 0 fully saturated rings. The monoisotopic (exact) mass is 564 g/mol. The molecule has 0 bridgehead atoms. The number of fused-ring (bicyclic) bond motifs is 5. The van der Waals surface area contributed by atoms with E-state index in [9.17, 15) is 0 Å². The van der Waals surface area contributed by atoms with Crippen molar-refractivity contribution in [2.24, 2.45) is 0 Å². The quantitative estimate of drug-likeness (QED) is 0.185. The van der Waals surface area contributed by atoms with Gasteiger partial charge in [-0.3, -0.25) is 0 Å². The second-order valence-electron chi connectivity index (χ2n) is 11.3. The minimum absolute atomic E-state index is 0.223. The maximum atomic E-state index is 2.52. The first-order valence-corrected chi connectivity index (χ1v) is 15.3. The molecular weight excluding hydrogens is 532 g/mol. The molecule has 44 heavy (non-hydrogen) atoms. The number of rotatable bonds is 6. The Labute approximate surface area is 258 Å². The largest absolute Gasteiger partial charge is 0.334 e. The molecule has 0 N–H and O–H groups in total. The van der Waals surface area contributed by atoms with Gasteiger partial charge in [-0.2, -0.15) is 0 Å². The van der Waals surface area contributed by atoms with E-state index in [-0.39, 0.29) is 6.04 Å². The molecule has 2 heteroatoms. The summed E-state index contributed by atoms with van der Waals surface area (Å²) in [7, 11) is 0. The van der Waals surface area contributed by atoms with Crippen LogP contribution >= 0.6 is 0 Å². The average molecular weight is 565 g/mol. The zero-order valence-electron chi connectivity index (χ0n) is 24.4. The van der Waals surface area contributed by atoms with Crippen molar-refractivity contribution < 1.29 is 0 Å². The van der Waals surface area contributed by atoms with Crippen LogP contribution in [-0.4, -0.2) is 6.04 Å². The van der Waals surface area contributed by atoms with Crippen molar-refractivity contribution >= 4 is 60.8 Å². The van der Waals surface area contributed by atoms with Crippen LogP contribution in [0.1, 0.15) is 6.42 Å². The number of hydrogen-bond donors (Lipinski definition) is 0. The minimum Gasteiger partial charge on any atom is -0.334 e. The highest BCUT2D eigenvalue weighted by Crippen LogP contribution is 2.46. The van der Waals surface area contributed by atoms with E-state index in [4.69, 9.17) is 0 Å². The first kappa shape index (κ1) is 26.1. The van der Waals surface area contributed by atoms with Crippen molar-refractivity contribution in [1.29, 1.82) is 0 Å². The van der Waals surface area contributed by atoms with E-state index in [0.717, 1.165) is 17.8 Å². The summed E-state index contributed by atoms with van der Waals surface area (Å²) in [5, 5.41) is 7.48. The molecule has 0 saturated carbocycles. The molecule has 8 rings (SSSR count). The molecule has 0 amide bonds. The number of anilines is 5. The second kappa shape index (κ2) is 11.2. The van der Waals surface area contributed by atoms with E-state index in [1.165, 1.54) is 49.4 Å². The summed E-state index contributed by atoms with van der Waals surface area (Å²) in [5.74, 6) is 0. The van der Waals surface area contributed by atoms with E-state index in [0.29, 0.717) is 0 Å². The Bertz CT molecular complexity index is 2110. The molecule has 1 atom stereocenters. The van der Waals surface area contributed by atoms with E-state index >= 15 is 0 Å². The summed E-state index contributed by atoms with van der Waals surface area (Å²) in [6.45, 7) is 0. The fourth-order valence-corrected chi connectivity index (χ4v) is 6.74. The first-order valence-electron chi connectivity index (χ1n) is 15.3. The van der Waals surface area contributed by atoms with Gasteiger partial charge in [-0.25, -0.2) is 0 Å². The lowest BCUT2D eigenvalue weighted by Crippen LogP contribution is -2.30. The maximum absolute atomic E-state index is 2.52. The van der Waals surface area contributed by atoms with Crippen molar-refractivity contribution in [2.75, 3.05) is 9.80 Å². The smallest absolute Gasteiger partial charge is 0.0560 e. The SMILES string of the molecule is C1=CCC(N(c2ccccc2)c2cc3c4ccccc4c(N(c4ccccc4)c4ccccc4)cc3c3ccccc23)C=C1. The average Bonchev–Trinajstić information content (AvgIpc) is 3.11. The van der Waals surface area contributed by atoms with E-state index in [1.54, 1.807) is 0 Å². The van der Waals surface area contributed by atoms with Crippen molar-refractivity contribution in [3.8, 4) is 0 Å². The summed E-state index contributed by atoms with van der Waals surface area (Å²) >= 11 is 0. The summed E-state index contributed by atoms with van der Waals surface area (Å²) in [4.78, 5) is 4.91. The molecule has 2 nitrogen and oxygen atoms in total. The van der Waals surface area contributed by atoms with Crippen LogP contribution in [0.25, 0.3) is 32.3 Å². The summed E-state index contributed by atoms with van der Waals surface area (Å²) in [5.41, 5.74) is 5.86. The topological polar surface area (TPSA) is 6.48 Å². The van der Waals surface area contributed by atoms with E-state index < -0.39 is 0 Å². The van der Waals surface area contributed by atoms with Gasteiger partial charge in [0.2, 0.25) is 0 Å². The highest BCUT2D eigenvalue weighted by atomic mass is 15.2. The molecule has 7 aromatic rings. The molecule has 0 aliphatic heterocycles. The van der Waals surface area contributed by atoms with Crippen molar-refractivity contribution in [3.63, 3.8) is 0 Å². The Kier molecular flexibility index (Phi) is 6.66. The van der Waals surface area contributed by atoms with Gasteiger partial charge in [0.15, 0.2) is 0 Å². The number of para-hydroxylation sites is 3. The minimum atomic E-state index is 0.223. The maximum Gasteiger partial charge on any atom is 0.0560 e. The van der Waals surface area contributed by atoms with Gasteiger partial charge in [0, 0.05) is 27.8 Å². The van der Waals surface area contributed by atoms with E-state index in [1.807, 2.05) is 0 Å². The first-order chi connectivity index (χ1) is 21.9. The third-order valence-electron chi connectivity index (χ3n) is 8.69. The highest BCUT2D eigenvalue weighted by molar-refractivity contribution is 6.24. The van der Waals surface area contributed by atoms with Crippen LogP contribution in [0, 0.1) is 0 Å². The van der Waals surface area contributed by atoms with Gasteiger partial charge in [0.1, 0.15) is 0 Å². The van der Waals surface area contributed by atoms with Gasteiger partial charge in [-0.1, -0.05) is 127 Å². The lowest BCUT2D eigenvalue weighted by Gasteiger charge is -2.34. The third kappa shape index (κ3) is 4.53. The third-order valence-corrected chi connectivity index (χ3v) is 8.69. The second-order valence-corrected chi connectivity index (χ2v) is 11.3. The van der Waals surface area contributed by atoms with Crippen LogP contribution in [0.2, 0.25) is 0 Å². The van der Waals surface area contributed by atoms with Gasteiger partial charge in [0.25, 0.3) is 0 Å². The molecule has 0 spiro atoms. The van der Waals surface area contributed by atoms with Gasteiger partial charge >= 0.3 is 0 Å². The molecule has 0 radical (unpaired) electrons. The Morgan fingerprint density at radius 1 is 0.409 bits per heavy atom. The van der Waals surface area contributed by atoms with Crippen LogP contribution in [0.3, 0.4) is 0 Å². The molecule has 1 aliphatic rings. The Hall–Kier alpha value is -5.60. The fraction of sp³-hybridized carbons (Fsp3) is 0.0476. The fourth-order valence-electron chi connectivity index (χ4n) is 6.74. The van der Waals surface area contributed by atoms with Crippen LogP contribution in [0.4, 0.5) is 28.4 Å². The summed E-state index contributed by atoms with van der Waals surface area (Å²) < 4.78 is 0. The van der Waals surface area contributed by atoms with Gasteiger partial charge in [-0.15, -0.1) is 0 Å². The van der Waals surface area contributed by atoms with Gasteiger partial charge < -0.3 is 9.80 Å². The molecule has 0 heterocycles. The van der Waals surface area contributed by atoms with E-state index in [2.05, 4.69) is 186 Å². The zero-order valence-corrected chi connectivity index (χ0v) is 24.4. The lowest BCUT2D eigenvalue weighted by molar-refractivity contribution is 0.788. The van der Waals surface area contributed by atoms with Crippen molar-refractivity contribution in [3.05, 3.63) is 176 Å². The molecule has 7 aromatic carbocycles. The predicted octanol–water partition coefficient (Wildman–Crippen LogP) is 11.6. The summed E-state index contributed by atoms with van der Waals surface area (Å²) in [6.07, 6.45) is 9.88. The molecule has 1 aliphatic carbocycles. The molecular formula is C42H32N2. The number of hydrogen-bond acceptors (Lipinski definition) is 2. The molecule has 1 unspecified atom stereocenters. The number of nitrogens with zero attached hydrogens (tertiary/aromatic N) is 2. The highest BCUT2D eigenvalue weighted by Gasteiger charge is 2.24. The number of benzene rings is 7. The standard InChI is InChI=1S/C42H32N2/c1-5-17-31(18-6-1)43(32-19-7-2-8-20-32)41-29-39-36-26-14-16-28-38(36)42(30-40(39)35-25-13-15-27-37(35)41)44(33-21-9-3-10-22-33)34-23-11-4-12-24-34/h1-23,25-30,34H,24H2. The molecule has 0 aromatic heterocycles. The molecule has 210 valence electrons.